The fourth-order valence-corrected chi connectivity index (χ4v) is 6.98. The Bertz CT molecular complexity index is 2240. The zero-order chi connectivity index (χ0) is 33.5. The number of carbonyl (C=O) groups is 2. The second kappa shape index (κ2) is 12.5. The van der Waals surface area contributed by atoms with Gasteiger partial charge >= 0.3 is 5.91 Å². The predicted molar refractivity (Wildman–Crippen MR) is 184 cm³/mol. The van der Waals surface area contributed by atoms with Crippen molar-refractivity contribution in [2.24, 2.45) is 0 Å². The molecule has 1 atom stereocenters. The minimum atomic E-state index is -1.04. The van der Waals surface area contributed by atoms with Crippen molar-refractivity contribution >= 4 is 49.8 Å². The number of hydrogen-bond donors (Lipinski definition) is 1. The maximum atomic E-state index is 14.0. The van der Waals surface area contributed by atoms with Gasteiger partial charge in [-0.15, -0.1) is 0 Å². The molecule has 1 aliphatic heterocycles. The third kappa shape index (κ3) is 5.31. The van der Waals surface area contributed by atoms with Gasteiger partial charge in [-0.3, -0.25) is 14.5 Å². The molecule has 0 spiro atoms. The van der Waals surface area contributed by atoms with Gasteiger partial charge in [0.25, 0.3) is 5.78 Å². The van der Waals surface area contributed by atoms with Crippen LogP contribution in [0.3, 0.4) is 0 Å². The number of pyridine rings is 1. The Labute approximate surface area is 280 Å². The molecule has 6 aromatic rings. The number of Topliss-reactive ketones (excluding diaryl/α,β-unsaturated/α-hetero) is 1. The van der Waals surface area contributed by atoms with Crippen molar-refractivity contribution in [3.63, 3.8) is 0 Å². The quantitative estimate of drug-likeness (QED) is 0.0986. The van der Waals surface area contributed by atoms with Crippen molar-refractivity contribution in [2.45, 2.75) is 33.4 Å². The molecule has 48 heavy (non-hydrogen) atoms. The number of fused-ring (bicyclic) bond motifs is 2. The summed E-state index contributed by atoms with van der Waals surface area (Å²) in [6.07, 6.45) is 1.84. The Kier molecular flexibility index (Phi) is 8.06. The second-order valence-electron chi connectivity index (χ2n) is 11.3. The van der Waals surface area contributed by atoms with Gasteiger partial charge < -0.3 is 23.7 Å². The topological polar surface area (TPSA) is 115 Å². The van der Waals surface area contributed by atoms with Gasteiger partial charge in [-0.1, -0.05) is 53.8 Å². The van der Waals surface area contributed by atoms with Gasteiger partial charge in [0.1, 0.15) is 23.7 Å². The van der Waals surface area contributed by atoms with Gasteiger partial charge in [-0.2, -0.15) is 0 Å². The van der Waals surface area contributed by atoms with E-state index < -0.39 is 17.7 Å². The lowest BCUT2D eigenvalue weighted by Gasteiger charge is -2.24. The number of thiazole rings is 1. The number of rotatable bonds is 9. The standard InChI is InChI=1S/C37H32N4O6S/c1-5-46-28-18-24(13-16-27(28)47-20-23-11-7-6-8-12-23)32-30(33(42)31-22(3)40-17-9-10-21(2)35(40)39-31)34(43)36(44)41(32)37-38-26-15-14-25(45-4)19-29(26)48-37/h6-19,32,42H,5,20H2,1-4H3. The van der Waals surface area contributed by atoms with Crippen molar-refractivity contribution < 1.29 is 28.9 Å². The summed E-state index contributed by atoms with van der Waals surface area (Å²) in [6, 6.07) is 23.2. The van der Waals surface area contributed by atoms with Crippen molar-refractivity contribution in [3.05, 3.63) is 119 Å². The summed E-state index contributed by atoms with van der Waals surface area (Å²) in [5, 5.41) is 12.2. The predicted octanol–water partition coefficient (Wildman–Crippen LogP) is 7.17. The molecule has 1 aliphatic rings. The summed E-state index contributed by atoms with van der Waals surface area (Å²) < 4.78 is 20.2. The number of aryl methyl sites for hydroxylation is 2. The molecule has 4 heterocycles. The number of carbonyl (C=O) groups excluding carboxylic acids is 2. The Morgan fingerprint density at radius 1 is 0.938 bits per heavy atom. The highest BCUT2D eigenvalue weighted by molar-refractivity contribution is 7.22. The molecular formula is C37H32N4O6S. The van der Waals surface area contributed by atoms with E-state index in [4.69, 9.17) is 24.2 Å². The molecular weight excluding hydrogens is 628 g/mol. The van der Waals surface area contributed by atoms with Gasteiger partial charge in [0, 0.05) is 6.20 Å². The number of imidazole rings is 1. The average Bonchev–Trinajstić information content (AvgIpc) is 3.76. The van der Waals surface area contributed by atoms with E-state index >= 15 is 0 Å². The molecule has 0 radical (unpaired) electrons. The number of nitrogens with zero attached hydrogens (tertiary/aromatic N) is 4. The molecule has 0 bridgehead atoms. The summed E-state index contributed by atoms with van der Waals surface area (Å²) in [6.45, 7) is 6.27. The first-order chi connectivity index (χ1) is 23.3. The Balaban J connectivity index is 1.40. The molecule has 1 unspecified atom stereocenters. The number of aromatic nitrogens is 3. The molecule has 3 aromatic carbocycles. The van der Waals surface area contributed by atoms with Crippen LogP contribution >= 0.6 is 11.3 Å². The average molecular weight is 661 g/mol. The van der Waals surface area contributed by atoms with Crippen molar-refractivity contribution in [3.8, 4) is 17.2 Å². The highest BCUT2D eigenvalue weighted by Gasteiger charge is 2.49. The molecule has 1 saturated heterocycles. The van der Waals surface area contributed by atoms with E-state index in [1.807, 2.05) is 79.9 Å². The zero-order valence-corrected chi connectivity index (χ0v) is 27.6. The SMILES string of the molecule is CCOc1cc(C2C(=C(O)c3nc4c(C)cccn4c3C)C(=O)C(=O)N2c2nc3ccc(OC)cc3s2)ccc1OCc1ccccc1. The van der Waals surface area contributed by atoms with E-state index in [-0.39, 0.29) is 17.0 Å². The number of amides is 1. The van der Waals surface area contributed by atoms with Gasteiger partial charge in [0.05, 0.1) is 41.2 Å². The fourth-order valence-electron chi connectivity index (χ4n) is 5.96. The Hall–Kier alpha value is -5.68. The second-order valence-corrected chi connectivity index (χ2v) is 12.4. The first-order valence-corrected chi connectivity index (χ1v) is 16.2. The van der Waals surface area contributed by atoms with Crippen LogP contribution in [0, 0.1) is 13.8 Å². The van der Waals surface area contributed by atoms with Crippen LogP contribution in [0.2, 0.25) is 0 Å². The summed E-state index contributed by atoms with van der Waals surface area (Å²) in [5.41, 5.74) is 4.44. The monoisotopic (exact) mass is 660 g/mol. The van der Waals surface area contributed by atoms with E-state index in [1.165, 1.54) is 16.2 Å². The van der Waals surface area contributed by atoms with Crippen LogP contribution in [-0.2, 0) is 16.2 Å². The molecule has 11 heteroatoms. The third-order valence-corrected chi connectivity index (χ3v) is 9.38. The minimum absolute atomic E-state index is 0.0959. The van der Waals surface area contributed by atoms with Crippen molar-refractivity contribution in [1.82, 2.24) is 14.4 Å². The molecule has 3 aromatic heterocycles. The van der Waals surface area contributed by atoms with Crippen LogP contribution in [0.5, 0.6) is 17.2 Å². The number of aliphatic hydroxyl groups excluding tert-OH is 1. The highest BCUT2D eigenvalue weighted by Crippen LogP contribution is 2.46. The summed E-state index contributed by atoms with van der Waals surface area (Å²) in [7, 11) is 1.58. The summed E-state index contributed by atoms with van der Waals surface area (Å²) >= 11 is 1.25. The van der Waals surface area contributed by atoms with Crippen molar-refractivity contribution in [2.75, 3.05) is 18.6 Å². The van der Waals surface area contributed by atoms with E-state index in [0.717, 1.165) is 15.8 Å². The van der Waals surface area contributed by atoms with Crippen LogP contribution in [0.4, 0.5) is 5.13 Å². The lowest BCUT2D eigenvalue weighted by atomic mass is 9.96. The molecule has 242 valence electrons. The van der Waals surface area contributed by atoms with E-state index in [2.05, 4.69) is 0 Å². The zero-order valence-electron chi connectivity index (χ0n) is 26.8. The fraction of sp³-hybridized carbons (Fsp3) is 0.189. The summed E-state index contributed by atoms with van der Waals surface area (Å²) in [5.74, 6) is -0.448. The summed E-state index contributed by atoms with van der Waals surface area (Å²) in [4.78, 5) is 38.8. The maximum Gasteiger partial charge on any atom is 0.301 e. The normalized spacial score (nSPS) is 15.8. The number of aliphatic hydroxyl groups is 1. The largest absolute Gasteiger partial charge is 0.505 e. The molecule has 0 saturated carbocycles. The third-order valence-electron chi connectivity index (χ3n) is 8.36. The number of ether oxygens (including phenoxy) is 3. The lowest BCUT2D eigenvalue weighted by Crippen LogP contribution is -2.29. The van der Waals surface area contributed by atoms with Crippen LogP contribution in [0.15, 0.2) is 90.6 Å². The maximum absolute atomic E-state index is 14.0. The van der Waals surface area contributed by atoms with E-state index in [0.29, 0.717) is 58.0 Å². The Morgan fingerprint density at radius 2 is 1.75 bits per heavy atom. The van der Waals surface area contributed by atoms with Crippen molar-refractivity contribution in [1.29, 1.82) is 0 Å². The van der Waals surface area contributed by atoms with Gasteiger partial charge in [-0.05, 0) is 73.9 Å². The number of methoxy groups -OCH3 is 1. The number of benzene rings is 3. The molecule has 10 nitrogen and oxygen atoms in total. The smallest absolute Gasteiger partial charge is 0.301 e. The number of anilines is 1. The van der Waals surface area contributed by atoms with E-state index in [9.17, 15) is 14.7 Å². The van der Waals surface area contributed by atoms with E-state index in [1.54, 1.807) is 37.4 Å². The van der Waals surface area contributed by atoms with Gasteiger partial charge in [0.2, 0.25) is 0 Å². The van der Waals surface area contributed by atoms with Crippen LogP contribution in [-0.4, -0.2) is 44.9 Å². The first-order valence-electron chi connectivity index (χ1n) is 15.4. The molecule has 1 N–H and O–H groups in total. The molecule has 1 amide bonds. The number of ketones is 1. The van der Waals surface area contributed by atoms with Crippen LogP contribution < -0.4 is 19.1 Å². The minimum Gasteiger partial charge on any atom is -0.505 e. The van der Waals surface area contributed by atoms with Gasteiger partial charge in [0.15, 0.2) is 22.4 Å². The number of hydrogen-bond acceptors (Lipinski definition) is 9. The van der Waals surface area contributed by atoms with Crippen LogP contribution in [0.25, 0.3) is 21.6 Å². The van der Waals surface area contributed by atoms with Crippen LogP contribution in [0.1, 0.15) is 41.0 Å². The first kappa shape index (κ1) is 30.9. The van der Waals surface area contributed by atoms with Gasteiger partial charge in [-0.25, -0.2) is 9.97 Å². The Morgan fingerprint density at radius 3 is 2.50 bits per heavy atom. The molecule has 7 rings (SSSR count). The lowest BCUT2D eigenvalue weighted by molar-refractivity contribution is -0.132. The molecule has 1 fully saturated rings. The molecule has 0 aliphatic carbocycles. The highest BCUT2D eigenvalue weighted by atomic mass is 32.1.